The zero-order chi connectivity index (χ0) is 14.7. The molecule has 0 saturated heterocycles. The third kappa shape index (κ3) is 9.90. The number of hydrogen-bond acceptors (Lipinski definition) is 5. The lowest BCUT2D eigenvalue weighted by Gasteiger charge is -2.16. The molecular formula is C13H27NO4S. The van der Waals surface area contributed by atoms with Gasteiger partial charge in [-0.05, 0) is 32.2 Å². The Bertz CT molecular complexity index is 341. The maximum Gasteiger partial charge on any atom is 0.306 e. The van der Waals surface area contributed by atoms with Crippen LogP contribution in [0.5, 0.6) is 0 Å². The molecule has 19 heavy (non-hydrogen) atoms. The summed E-state index contributed by atoms with van der Waals surface area (Å²) in [5, 5.41) is 3.40. The topological polar surface area (TPSA) is 72.5 Å². The Hall–Kier alpha value is -0.620. The molecule has 0 bridgehead atoms. The van der Waals surface area contributed by atoms with Crippen molar-refractivity contribution >= 4 is 15.8 Å². The van der Waals surface area contributed by atoms with Crippen molar-refractivity contribution in [2.45, 2.75) is 52.0 Å². The van der Waals surface area contributed by atoms with E-state index in [1.165, 1.54) is 7.11 Å². The average Bonchev–Trinajstić information content (AvgIpc) is 2.39. The number of methoxy groups -OCH3 is 1. The van der Waals surface area contributed by atoms with E-state index in [1.54, 1.807) is 0 Å². The van der Waals surface area contributed by atoms with Gasteiger partial charge in [0.2, 0.25) is 0 Å². The maximum absolute atomic E-state index is 11.7. The molecule has 0 radical (unpaired) electrons. The molecule has 1 atom stereocenters. The van der Waals surface area contributed by atoms with Gasteiger partial charge in [0.15, 0.2) is 9.84 Å². The molecule has 1 unspecified atom stereocenters. The van der Waals surface area contributed by atoms with Crippen molar-refractivity contribution in [2.75, 3.05) is 25.2 Å². The third-order valence-corrected chi connectivity index (χ3v) is 4.77. The maximum atomic E-state index is 11.7. The second-order valence-corrected chi connectivity index (χ2v) is 6.98. The van der Waals surface area contributed by atoms with Crippen molar-refractivity contribution in [2.24, 2.45) is 0 Å². The van der Waals surface area contributed by atoms with Gasteiger partial charge in [-0.25, -0.2) is 8.42 Å². The minimum atomic E-state index is -3.14. The van der Waals surface area contributed by atoms with Crippen LogP contribution in [0.15, 0.2) is 0 Å². The van der Waals surface area contributed by atoms with Crippen LogP contribution in [0.3, 0.4) is 0 Å². The van der Waals surface area contributed by atoms with Gasteiger partial charge in [0, 0.05) is 6.04 Å². The molecule has 0 amide bonds. The lowest BCUT2D eigenvalue weighted by atomic mass is 10.1. The van der Waals surface area contributed by atoms with E-state index >= 15 is 0 Å². The zero-order valence-corrected chi connectivity index (χ0v) is 13.1. The smallest absolute Gasteiger partial charge is 0.306 e. The number of nitrogens with one attached hydrogen (secondary N) is 1. The quantitative estimate of drug-likeness (QED) is 0.585. The Morgan fingerprint density at radius 1 is 1.26 bits per heavy atom. The van der Waals surface area contributed by atoms with E-state index in [4.69, 9.17) is 0 Å². The fourth-order valence-corrected chi connectivity index (χ4v) is 3.08. The first-order chi connectivity index (χ1) is 8.95. The predicted octanol–water partition coefficient (Wildman–Crippen LogP) is 1.52. The van der Waals surface area contributed by atoms with Gasteiger partial charge in [0.25, 0.3) is 0 Å². The van der Waals surface area contributed by atoms with Gasteiger partial charge in [-0.1, -0.05) is 13.8 Å². The molecule has 0 spiro atoms. The second kappa shape index (κ2) is 10.2. The molecule has 1 N–H and O–H groups in total. The average molecular weight is 293 g/mol. The summed E-state index contributed by atoms with van der Waals surface area (Å²) in [5.74, 6) is -0.438. The van der Waals surface area contributed by atoms with Gasteiger partial charge in [-0.15, -0.1) is 0 Å². The minimum absolute atomic E-state index is 0.0515. The lowest BCUT2D eigenvalue weighted by molar-refractivity contribution is -0.140. The first-order valence-corrected chi connectivity index (χ1v) is 8.78. The van der Waals surface area contributed by atoms with Crippen LogP contribution >= 0.6 is 0 Å². The number of carbonyl (C=O) groups excluding carboxylic acids is 1. The SMILES string of the molecule is CCCNC(CC)CCCS(=O)(=O)CCC(=O)OC. The van der Waals surface area contributed by atoms with Crippen LogP contribution in [0.25, 0.3) is 0 Å². The predicted molar refractivity (Wildman–Crippen MR) is 76.9 cm³/mol. The van der Waals surface area contributed by atoms with E-state index in [0.29, 0.717) is 12.5 Å². The molecule has 0 aromatic rings. The summed E-state index contributed by atoms with van der Waals surface area (Å²) in [7, 11) is -1.88. The van der Waals surface area contributed by atoms with E-state index in [0.717, 1.165) is 25.8 Å². The van der Waals surface area contributed by atoms with Crippen LogP contribution in [0.1, 0.15) is 46.0 Å². The highest BCUT2D eigenvalue weighted by Gasteiger charge is 2.14. The second-order valence-electron chi connectivity index (χ2n) is 4.68. The van der Waals surface area contributed by atoms with Crippen molar-refractivity contribution < 1.29 is 17.9 Å². The van der Waals surface area contributed by atoms with Crippen molar-refractivity contribution in [3.8, 4) is 0 Å². The van der Waals surface area contributed by atoms with Crippen molar-refractivity contribution in [1.82, 2.24) is 5.32 Å². The number of ether oxygens (including phenoxy) is 1. The highest BCUT2D eigenvalue weighted by atomic mass is 32.2. The van der Waals surface area contributed by atoms with E-state index in [-0.39, 0.29) is 17.9 Å². The summed E-state index contributed by atoms with van der Waals surface area (Å²) in [5.41, 5.74) is 0. The standard InChI is InChI=1S/C13H27NO4S/c1-4-9-14-12(5-2)7-6-10-19(16,17)11-8-13(15)18-3/h12,14H,4-11H2,1-3H3. The fourth-order valence-electron chi connectivity index (χ4n) is 1.79. The molecular weight excluding hydrogens is 266 g/mol. The number of rotatable bonds is 11. The van der Waals surface area contributed by atoms with Gasteiger partial charge >= 0.3 is 5.97 Å². The van der Waals surface area contributed by atoms with Crippen LogP contribution in [-0.2, 0) is 19.4 Å². The Morgan fingerprint density at radius 2 is 1.95 bits per heavy atom. The molecule has 0 aromatic heterocycles. The molecule has 6 heteroatoms. The summed E-state index contributed by atoms with van der Waals surface area (Å²) >= 11 is 0. The normalized spacial score (nSPS) is 13.2. The van der Waals surface area contributed by atoms with Crippen LogP contribution in [0, 0.1) is 0 Å². The molecule has 0 rings (SSSR count). The van der Waals surface area contributed by atoms with Crippen molar-refractivity contribution in [1.29, 1.82) is 0 Å². The van der Waals surface area contributed by atoms with Crippen LogP contribution in [0.4, 0.5) is 0 Å². The van der Waals surface area contributed by atoms with Crippen LogP contribution in [0.2, 0.25) is 0 Å². The van der Waals surface area contributed by atoms with E-state index < -0.39 is 15.8 Å². The molecule has 5 nitrogen and oxygen atoms in total. The first-order valence-electron chi connectivity index (χ1n) is 6.95. The monoisotopic (exact) mass is 293 g/mol. The summed E-state index contributed by atoms with van der Waals surface area (Å²) in [6.45, 7) is 5.17. The van der Waals surface area contributed by atoms with Crippen molar-refractivity contribution in [3.05, 3.63) is 0 Å². The fraction of sp³-hybridized carbons (Fsp3) is 0.923. The van der Waals surface area contributed by atoms with E-state index in [1.807, 2.05) is 0 Å². The summed E-state index contributed by atoms with van der Waals surface area (Å²) in [4.78, 5) is 10.9. The van der Waals surface area contributed by atoms with Crippen LogP contribution in [-0.4, -0.2) is 45.6 Å². The number of hydrogen-bond donors (Lipinski definition) is 1. The highest BCUT2D eigenvalue weighted by molar-refractivity contribution is 7.91. The minimum Gasteiger partial charge on any atom is -0.469 e. The Labute approximate surface area is 117 Å². The Kier molecular flexibility index (Phi) is 9.87. The molecule has 0 aliphatic carbocycles. The molecule has 0 fully saturated rings. The molecule has 114 valence electrons. The zero-order valence-electron chi connectivity index (χ0n) is 12.3. The number of esters is 1. The highest BCUT2D eigenvalue weighted by Crippen LogP contribution is 2.06. The van der Waals surface area contributed by atoms with Gasteiger partial charge in [0.1, 0.15) is 0 Å². The summed E-state index contributed by atoms with van der Waals surface area (Å²) in [6, 6.07) is 0.385. The van der Waals surface area contributed by atoms with E-state index in [9.17, 15) is 13.2 Å². The number of carbonyl (C=O) groups is 1. The summed E-state index contributed by atoms with van der Waals surface area (Å²) in [6.07, 6.45) is 3.52. The molecule has 0 aliphatic heterocycles. The molecule has 0 heterocycles. The Morgan fingerprint density at radius 3 is 2.47 bits per heavy atom. The number of sulfone groups is 1. The van der Waals surface area contributed by atoms with E-state index in [2.05, 4.69) is 23.9 Å². The van der Waals surface area contributed by atoms with Crippen molar-refractivity contribution in [3.63, 3.8) is 0 Å². The lowest BCUT2D eigenvalue weighted by Crippen LogP contribution is -2.29. The summed E-state index contributed by atoms with van der Waals surface area (Å²) < 4.78 is 27.8. The Balaban J connectivity index is 3.93. The van der Waals surface area contributed by atoms with Gasteiger partial charge in [-0.2, -0.15) is 0 Å². The largest absolute Gasteiger partial charge is 0.469 e. The van der Waals surface area contributed by atoms with Gasteiger partial charge in [0.05, 0.1) is 25.0 Å². The molecule has 0 aliphatic rings. The van der Waals surface area contributed by atoms with Gasteiger partial charge in [-0.3, -0.25) is 4.79 Å². The first kappa shape index (κ1) is 18.4. The van der Waals surface area contributed by atoms with Gasteiger partial charge < -0.3 is 10.1 Å². The molecule has 0 saturated carbocycles. The molecule has 0 aromatic carbocycles. The third-order valence-electron chi connectivity index (χ3n) is 3.03. The van der Waals surface area contributed by atoms with Crippen LogP contribution < -0.4 is 5.32 Å².